The van der Waals surface area contributed by atoms with Crippen LogP contribution in [0.2, 0.25) is 0 Å². The molecule has 0 amide bonds. The molecule has 0 spiro atoms. The maximum Gasteiger partial charge on any atom is 0.193 e. The summed E-state index contributed by atoms with van der Waals surface area (Å²) in [5.41, 5.74) is 0.0111. The van der Waals surface area contributed by atoms with Crippen molar-refractivity contribution in [2.75, 3.05) is 27.7 Å². The van der Waals surface area contributed by atoms with Crippen LogP contribution >= 0.6 is 0 Å². The van der Waals surface area contributed by atoms with Crippen LogP contribution in [-0.2, 0) is 4.79 Å². The van der Waals surface area contributed by atoms with E-state index in [0.717, 1.165) is 10.9 Å². The quantitative estimate of drug-likeness (QED) is 0.676. The van der Waals surface area contributed by atoms with E-state index in [9.17, 15) is 4.79 Å². The zero-order chi connectivity index (χ0) is 12.8. The largest absolute Gasteiger partial charge is 0.325 e. The molecule has 2 atom stereocenters. The summed E-state index contributed by atoms with van der Waals surface area (Å²) in [6.07, 6.45) is 2.24. The zero-order valence-electron chi connectivity index (χ0n) is 12.1. The molecule has 16 heavy (non-hydrogen) atoms. The molecule has 1 rings (SSSR count). The molecule has 1 aliphatic carbocycles. The first-order valence-corrected chi connectivity index (χ1v) is 6.34. The van der Waals surface area contributed by atoms with Crippen LogP contribution in [0.1, 0.15) is 40.5 Å². The minimum Gasteiger partial charge on any atom is -0.325 e. The number of quaternary nitrogens is 1. The van der Waals surface area contributed by atoms with Crippen molar-refractivity contribution in [2.24, 2.45) is 16.7 Å². The highest BCUT2D eigenvalue weighted by Crippen LogP contribution is 2.56. The van der Waals surface area contributed by atoms with Crippen molar-refractivity contribution in [3.63, 3.8) is 0 Å². The van der Waals surface area contributed by atoms with Crippen LogP contribution in [0.4, 0.5) is 0 Å². The van der Waals surface area contributed by atoms with Gasteiger partial charge in [0.05, 0.1) is 21.1 Å². The Morgan fingerprint density at radius 3 is 2.06 bits per heavy atom. The van der Waals surface area contributed by atoms with Crippen molar-refractivity contribution >= 4 is 5.78 Å². The van der Waals surface area contributed by atoms with Gasteiger partial charge in [-0.2, -0.15) is 0 Å². The highest BCUT2D eigenvalue weighted by molar-refractivity contribution is 5.86. The van der Waals surface area contributed by atoms with Gasteiger partial charge in [0.1, 0.15) is 6.54 Å². The average molecular weight is 226 g/mol. The zero-order valence-corrected chi connectivity index (χ0v) is 12.1. The van der Waals surface area contributed by atoms with Crippen LogP contribution in [0.15, 0.2) is 0 Å². The number of nitrogens with zero attached hydrogens (tertiary/aromatic N) is 1. The van der Waals surface area contributed by atoms with E-state index in [4.69, 9.17) is 0 Å². The van der Waals surface area contributed by atoms with E-state index in [1.807, 2.05) is 0 Å². The fourth-order valence-corrected chi connectivity index (χ4v) is 2.84. The van der Waals surface area contributed by atoms with Crippen LogP contribution in [0, 0.1) is 16.7 Å². The summed E-state index contributed by atoms with van der Waals surface area (Å²) in [7, 11) is 6.27. The van der Waals surface area contributed by atoms with Gasteiger partial charge in [-0.3, -0.25) is 4.79 Å². The van der Waals surface area contributed by atoms with E-state index in [1.54, 1.807) is 0 Å². The predicted molar refractivity (Wildman–Crippen MR) is 68.2 cm³/mol. The Labute approximate surface area is 101 Å². The monoisotopic (exact) mass is 226 g/mol. The lowest BCUT2D eigenvalue weighted by Gasteiger charge is -2.40. The molecule has 0 N–H and O–H groups in total. The molecule has 1 saturated carbocycles. The maximum absolute atomic E-state index is 12.5. The normalized spacial score (nSPS) is 34.1. The van der Waals surface area contributed by atoms with Gasteiger partial charge in [0.2, 0.25) is 0 Å². The second-order valence-corrected chi connectivity index (χ2v) is 7.37. The van der Waals surface area contributed by atoms with Crippen molar-refractivity contribution in [1.29, 1.82) is 0 Å². The first-order chi connectivity index (χ1) is 7.01. The molecule has 2 nitrogen and oxygen atoms in total. The lowest BCUT2D eigenvalue weighted by atomic mass is 9.64. The first kappa shape index (κ1) is 13.7. The Bertz CT molecular complexity index is 288. The molecule has 0 aromatic rings. The summed E-state index contributed by atoms with van der Waals surface area (Å²) in [6.45, 7) is 9.63. The summed E-state index contributed by atoms with van der Waals surface area (Å²) >= 11 is 0. The van der Waals surface area contributed by atoms with E-state index in [1.165, 1.54) is 6.42 Å². The van der Waals surface area contributed by atoms with Crippen LogP contribution in [0.3, 0.4) is 0 Å². The summed E-state index contributed by atoms with van der Waals surface area (Å²) in [4.78, 5) is 12.5. The molecule has 0 saturated heterocycles. The van der Waals surface area contributed by atoms with E-state index in [0.29, 0.717) is 18.2 Å². The van der Waals surface area contributed by atoms with Crippen LogP contribution in [-0.4, -0.2) is 38.0 Å². The molecule has 1 aliphatic rings. The van der Waals surface area contributed by atoms with E-state index >= 15 is 0 Å². The molecule has 2 heteroatoms. The van der Waals surface area contributed by atoms with Gasteiger partial charge in [0.25, 0.3) is 0 Å². The Balaban J connectivity index is 2.91. The minimum absolute atomic E-state index is 0.127. The van der Waals surface area contributed by atoms with Gasteiger partial charge >= 0.3 is 0 Å². The third-order valence-electron chi connectivity index (χ3n) is 4.96. The van der Waals surface area contributed by atoms with Crippen molar-refractivity contribution in [3.8, 4) is 0 Å². The predicted octanol–water partition coefficient (Wildman–Crippen LogP) is 2.72. The number of hydrogen-bond acceptors (Lipinski definition) is 1. The van der Waals surface area contributed by atoms with Gasteiger partial charge in [-0.15, -0.1) is 0 Å². The second-order valence-electron chi connectivity index (χ2n) is 7.37. The number of rotatable bonds is 3. The summed E-state index contributed by atoms with van der Waals surface area (Å²) in [5.74, 6) is 1.09. The number of hydrogen-bond donors (Lipinski definition) is 0. The van der Waals surface area contributed by atoms with Crippen LogP contribution < -0.4 is 0 Å². The molecule has 0 aromatic heterocycles. The van der Waals surface area contributed by atoms with Crippen LogP contribution in [0.25, 0.3) is 0 Å². The topological polar surface area (TPSA) is 17.1 Å². The molecule has 0 bridgehead atoms. The number of likely N-dealkylation sites (N-methyl/N-ethyl adjacent to an activating group) is 1. The van der Waals surface area contributed by atoms with Gasteiger partial charge < -0.3 is 4.48 Å². The lowest BCUT2D eigenvalue weighted by Crippen LogP contribution is -2.49. The molecule has 1 fully saturated rings. The number of carbonyl (C=O) groups excluding carboxylic acids is 1. The standard InChI is InChI=1S/C14H28NO/c1-11-8-9-14(4,13(11,2)3)12(16)10-15(5,6)7/h11H,8-10H2,1-7H3/q+1/t11-,14+/m0/s1. The number of Topliss-reactive ketones (excluding diaryl/α,β-unsaturated/α-hetero) is 1. The van der Waals surface area contributed by atoms with Gasteiger partial charge in [0.15, 0.2) is 5.78 Å². The smallest absolute Gasteiger partial charge is 0.193 e. The number of ketones is 1. The van der Waals surface area contributed by atoms with Crippen molar-refractivity contribution in [1.82, 2.24) is 0 Å². The van der Waals surface area contributed by atoms with E-state index in [2.05, 4.69) is 48.8 Å². The summed E-state index contributed by atoms with van der Waals surface area (Å²) in [5, 5.41) is 0. The third kappa shape index (κ3) is 2.17. The number of carbonyl (C=O) groups is 1. The Hall–Kier alpha value is -0.370. The molecule has 94 valence electrons. The fraction of sp³-hybridized carbons (Fsp3) is 0.929. The van der Waals surface area contributed by atoms with Crippen molar-refractivity contribution in [3.05, 3.63) is 0 Å². The lowest BCUT2D eigenvalue weighted by molar-refractivity contribution is -0.862. The Morgan fingerprint density at radius 1 is 1.25 bits per heavy atom. The van der Waals surface area contributed by atoms with Crippen LogP contribution in [0.5, 0.6) is 0 Å². The average Bonchev–Trinajstić information content (AvgIpc) is 2.27. The van der Waals surface area contributed by atoms with Gasteiger partial charge in [-0.05, 0) is 24.2 Å². The highest BCUT2D eigenvalue weighted by atomic mass is 16.1. The molecule has 0 unspecified atom stereocenters. The molecule has 0 heterocycles. The maximum atomic E-state index is 12.5. The molecule has 0 aromatic carbocycles. The third-order valence-corrected chi connectivity index (χ3v) is 4.96. The van der Waals surface area contributed by atoms with Crippen molar-refractivity contribution in [2.45, 2.75) is 40.5 Å². The first-order valence-electron chi connectivity index (χ1n) is 6.34. The Kier molecular flexibility index (Phi) is 3.28. The van der Waals surface area contributed by atoms with Crippen molar-refractivity contribution < 1.29 is 9.28 Å². The Morgan fingerprint density at radius 2 is 1.75 bits per heavy atom. The highest BCUT2D eigenvalue weighted by Gasteiger charge is 2.54. The molecular weight excluding hydrogens is 198 g/mol. The molecular formula is C14H28NO+. The molecule has 0 radical (unpaired) electrons. The minimum atomic E-state index is -0.127. The van der Waals surface area contributed by atoms with Gasteiger partial charge in [-0.1, -0.05) is 27.7 Å². The van der Waals surface area contributed by atoms with Gasteiger partial charge in [-0.25, -0.2) is 0 Å². The van der Waals surface area contributed by atoms with Gasteiger partial charge in [0, 0.05) is 5.41 Å². The molecule has 0 aliphatic heterocycles. The summed E-state index contributed by atoms with van der Waals surface area (Å²) < 4.78 is 0.735. The fourth-order valence-electron chi connectivity index (χ4n) is 2.84. The second kappa shape index (κ2) is 3.83. The SMILES string of the molecule is C[C@H]1CC[C@](C)(C(=O)C[N+](C)(C)C)C1(C)C. The summed E-state index contributed by atoms with van der Waals surface area (Å²) in [6, 6.07) is 0. The van der Waals surface area contributed by atoms with E-state index in [-0.39, 0.29) is 10.8 Å². The van der Waals surface area contributed by atoms with E-state index < -0.39 is 0 Å².